The van der Waals surface area contributed by atoms with E-state index in [4.69, 9.17) is 16.6 Å². The van der Waals surface area contributed by atoms with Crippen molar-refractivity contribution in [1.29, 1.82) is 10.8 Å². The Kier molecular flexibility index (Phi) is 7.67. The number of H-pyrrole nitrogens is 1. The van der Waals surface area contributed by atoms with Crippen molar-refractivity contribution >= 4 is 18.4 Å². The highest BCUT2D eigenvalue weighted by Crippen LogP contribution is 2.33. The number of nitrogens with two attached hydrogens (primary N) is 1. The number of nitrogens with zero attached hydrogens (tertiary/aromatic N) is 3. The molecule has 6 N–H and O–H groups in total. The van der Waals surface area contributed by atoms with Gasteiger partial charge in [-0.05, 0) is 31.9 Å². The number of hydrogen-bond donors (Lipinski definition) is 5. The van der Waals surface area contributed by atoms with Crippen LogP contribution in [-0.4, -0.2) is 39.4 Å². The van der Waals surface area contributed by atoms with Gasteiger partial charge >= 0.3 is 6.18 Å². The van der Waals surface area contributed by atoms with Crippen molar-refractivity contribution in [2.45, 2.75) is 45.3 Å². The van der Waals surface area contributed by atoms with Crippen LogP contribution < -0.4 is 11.1 Å². The van der Waals surface area contributed by atoms with Gasteiger partial charge < -0.3 is 21.4 Å². The van der Waals surface area contributed by atoms with Gasteiger partial charge in [0.1, 0.15) is 12.2 Å². The standard InChI is InChI=1S/C20H25F3N8/c1-4-14(12(6-24)7-27-11(2)3)16-5-15(17(31-16)18(26)30-10-25)13-8-28-19(29-9-13)20(21,22)23/h5-11,14,24,27,31H,4H2,1-3H3,(H3,25,26,30)/b12-7+,24-6?. The van der Waals surface area contributed by atoms with Gasteiger partial charge in [-0.25, -0.2) is 15.0 Å². The molecular formula is C20H25F3N8. The first-order chi connectivity index (χ1) is 14.6. The molecule has 2 aromatic rings. The maximum Gasteiger partial charge on any atom is 0.451 e. The molecule has 0 aliphatic rings. The predicted octanol–water partition coefficient (Wildman–Crippen LogP) is 3.83. The van der Waals surface area contributed by atoms with Crippen LogP contribution in [0.5, 0.6) is 0 Å². The van der Waals surface area contributed by atoms with E-state index < -0.39 is 12.0 Å². The van der Waals surface area contributed by atoms with E-state index in [1.54, 1.807) is 12.3 Å². The number of alkyl halides is 3. The second-order valence-corrected chi connectivity index (χ2v) is 7.02. The minimum absolute atomic E-state index is 0.00770. The van der Waals surface area contributed by atoms with Gasteiger partial charge in [0.15, 0.2) is 0 Å². The summed E-state index contributed by atoms with van der Waals surface area (Å²) in [6, 6.07) is 1.91. The smallest absolute Gasteiger partial charge is 0.388 e. The van der Waals surface area contributed by atoms with Crippen molar-refractivity contribution in [3.05, 3.63) is 47.4 Å². The first-order valence-electron chi connectivity index (χ1n) is 9.54. The molecule has 0 fully saturated rings. The molecule has 0 amide bonds. The quantitative estimate of drug-likeness (QED) is 0.302. The molecule has 8 nitrogen and oxygen atoms in total. The third kappa shape index (κ3) is 5.77. The normalized spacial score (nSPS) is 13.9. The average Bonchev–Trinajstić information content (AvgIpc) is 3.15. The van der Waals surface area contributed by atoms with Crippen LogP contribution in [0.25, 0.3) is 11.1 Å². The van der Waals surface area contributed by atoms with Crippen molar-refractivity contribution in [2.24, 2.45) is 10.7 Å². The Labute approximate surface area is 177 Å². The molecule has 0 bridgehead atoms. The highest BCUT2D eigenvalue weighted by molar-refractivity contribution is 6.04. The zero-order valence-corrected chi connectivity index (χ0v) is 17.4. The molecule has 2 heterocycles. The van der Waals surface area contributed by atoms with Gasteiger partial charge in [-0.1, -0.05) is 6.92 Å². The fraction of sp³-hybridized carbons (Fsp3) is 0.350. The highest BCUT2D eigenvalue weighted by atomic mass is 19.4. The molecule has 1 atom stereocenters. The summed E-state index contributed by atoms with van der Waals surface area (Å²) in [5, 5.41) is 18.1. The van der Waals surface area contributed by atoms with E-state index in [9.17, 15) is 13.2 Å². The van der Waals surface area contributed by atoms with Gasteiger partial charge in [-0.2, -0.15) is 13.2 Å². The number of allylic oxidation sites excluding steroid dienone is 1. The second-order valence-electron chi connectivity index (χ2n) is 7.02. The number of halogens is 3. The number of nitrogens with one attached hydrogen (secondary N) is 4. The lowest BCUT2D eigenvalue weighted by molar-refractivity contribution is -0.144. The van der Waals surface area contributed by atoms with Crippen molar-refractivity contribution in [3.8, 4) is 11.1 Å². The molecule has 1 unspecified atom stereocenters. The number of aromatic nitrogens is 3. The Bertz CT molecular complexity index is 971. The van der Waals surface area contributed by atoms with Crippen molar-refractivity contribution in [1.82, 2.24) is 20.3 Å². The Hall–Kier alpha value is -3.50. The minimum atomic E-state index is -4.65. The number of hydrogen-bond acceptors (Lipinski definition) is 5. The van der Waals surface area contributed by atoms with Gasteiger partial charge in [0.05, 0.1) is 5.69 Å². The van der Waals surface area contributed by atoms with Gasteiger partial charge in [0.25, 0.3) is 0 Å². The number of amidine groups is 1. The summed E-state index contributed by atoms with van der Waals surface area (Å²) >= 11 is 0. The maximum atomic E-state index is 12.8. The lowest BCUT2D eigenvalue weighted by atomic mass is 9.93. The van der Waals surface area contributed by atoms with E-state index in [0.717, 1.165) is 18.7 Å². The SMILES string of the molecule is CCC(/C(C=N)=C/NC(C)C)c1cc(-c2cnc(C(F)(F)F)nc2)c(/C(N)=N\C=N)[nH]1. The van der Waals surface area contributed by atoms with E-state index in [-0.39, 0.29) is 17.8 Å². The molecule has 2 aromatic heterocycles. The van der Waals surface area contributed by atoms with Crippen LogP contribution in [-0.2, 0) is 6.18 Å². The van der Waals surface area contributed by atoms with Crippen LogP contribution in [0.2, 0.25) is 0 Å². The lowest BCUT2D eigenvalue weighted by Crippen LogP contribution is -2.18. The molecule has 166 valence electrons. The van der Waals surface area contributed by atoms with Crippen molar-refractivity contribution in [2.75, 3.05) is 0 Å². The zero-order valence-electron chi connectivity index (χ0n) is 17.4. The largest absolute Gasteiger partial charge is 0.451 e. The summed E-state index contributed by atoms with van der Waals surface area (Å²) in [6.45, 7) is 5.90. The molecule has 0 spiro atoms. The van der Waals surface area contributed by atoms with Gasteiger partial charge in [0.2, 0.25) is 5.82 Å². The van der Waals surface area contributed by atoms with Crippen LogP contribution in [0, 0.1) is 10.8 Å². The van der Waals surface area contributed by atoms with E-state index in [1.807, 2.05) is 20.8 Å². The van der Waals surface area contributed by atoms with E-state index in [0.29, 0.717) is 34.5 Å². The van der Waals surface area contributed by atoms with Gasteiger partial charge in [-0.3, -0.25) is 5.41 Å². The lowest BCUT2D eigenvalue weighted by Gasteiger charge is -2.16. The number of rotatable bonds is 9. The van der Waals surface area contributed by atoms with E-state index in [2.05, 4.69) is 25.3 Å². The topological polar surface area (TPSA) is 140 Å². The third-order valence-electron chi connectivity index (χ3n) is 4.45. The summed E-state index contributed by atoms with van der Waals surface area (Å²) in [4.78, 5) is 13.8. The zero-order chi connectivity index (χ0) is 23.2. The maximum absolute atomic E-state index is 12.8. The monoisotopic (exact) mass is 434 g/mol. The first-order valence-corrected chi connectivity index (χ1v) is 9.54. The highest BCUT2D eigenvalue weighted by Gasteiger charge is 2.34. The molecule has 31 heavy (non-hydrogen) atoms. The summed E-state index contributed by atoms with van der Waals surface area (Å²) in [5.41, 5.74) is 8.47. The molecular weight excluding hydrogens is 409 g/mol. The van der Waals surface area contributed by atoms with Crippen molar-refractivity contribution in [3.63, 3.8) is 0 Å². The van der Waals surface area contributed by atoms with Crippen molar-refractivity contribution < 1.29 is 13.2 Å². The fourth-order valence-electron chi connectivity index (χ4n) is 2.98. The number of aromatic amines is 1. The average molecular weight is 434 g/mol. The minimum Gasteiger partial charge on any atom is -0.388 e. The number of aliphatic imine (C=N–C) groups is 1. The Morgan fingerprint density at radius 2 is 1.94 bits per heavy atom. The molecule has 11 heteroatoms. The first kappa shape index (κ1) is 23.8. The second kappa shape index (κ2) is 10.0. The summed E-state index contributed by atoms with van der Waals surface area (Å²) in [6.07, 6.45) is 1.92. The molecule has 0 saturated heterocycles. The van der Waals surface area contributed by atoms with Crippen LogP contribution in [0.4, 0.5) is 13.2 Å². The predicted molar refractivity (Wildman–Crippen MR) is 114 cm³/mol. The molecule has 0 saturated carbocycles. The van der Waals surface area contributed by atoms with Crippen LogP contribution >= 0.6 is 0 Å². The molecule has 0 radical (unpaired) electrons. The molecule has 0 aliphatic heterocycles. The van der Waals surface area contributed by atoms with Crippen LogP contribution in [0.1, 0.15) is 50.3 Å². The Morgan fingerprint density at radius 1 is 1.29 bits per heavy atom. The Morgan fingerprint density at radius 3 is 2.42 bits per heavy atom. The van der Waals surface area contributed by atoms with E-state index >= 15 is 0 Å². The Balaban J connectivity index is 2.59. The summed E-state index contributed by atoms with van der Waals surface area (Å²) in [7, 11) is 0. The van der Waals surface area contributed by atoms with Crippen LogP contribution in [0.3, 0.4) is 0 Å². The molecule has 0 aromatic carbocycles. The fourth-order valence-corrected chi connectivity index (χ4v) is 2.98. The van der Waals surface area contributed by atoms with Gasteiger partial charge in [0, 0.05) is 53.6 Å². The molecule has 0 aliphatic carbocycles. The van der Waals surface area contributed by atoms with Gasteiger partial charge in [-0.15, -0.1) is 0 Å². The summed E-state index contributed by atoms with van der Waals surface area (Å²) < 4.78 is 38.4. The van der Waals surface area contributed by atoms with E-state index in [1.165, 1.54) is 6.21 Å². The molecule has 2 rings (SSSR count). The third-order valence-corrected chi connectivity index (χ3v) is 4.45. The summed E-state index contributed by atoms with van der Waals surface area (Å²) in [5.74, 6) is -1.46. The van der Waals surface area contributed by atoms with Crippen LogP contribution in [0.15, 0.2) is 35.2 Å².